The van der Waals surface area contributed by atoms with E-state index in [-0.39, 0.29) is 0 Å². The van der Waals surface area contributed by atoms with Crippen molar-refractivity contribution in [3.8, 4) is 0 Å². The molecule has 0 unspecified atom stereocenters. The Bertz CT molecular complexity index is 388. The summed E-state index contributed by atoms with van der Waals surface area (Å²) in [5.41, 5.74) is 1.10. The molecule has 0 bridgehead atoms. The van der Waals surface area contributed by atoms with Crippen molar-refractivity contribution in [3.63, 3.8) is 0 Å². The first-order chi connectivity index (χ1) is 9.10. The molecule has 0 aliphatic rings. The van der Waals surface area contributed by atoms with Crippen molar-refractivity contribution in [3.05, 3.63) is 11.4 Å². The lowest BCUT2D eigenvalue weighted by Crippen LogP contribution is -2.11. The Labute approximate surface area is 117 Å². The van der Waals surface area contributed by atoms with Crippen LogP contribution in [0.4, 0.5) is 11.6 Å². The third-order valence-electron chi connectivity index (χ3n) is 3.24. The zero-order valence-electron chi connectivity index (χ0n) is 13.0. The third kappa shape index (κ3) is 4.69. The van der Waals surface area contributed by atoms with Gasteiger partial charge in [-0.25, -0.2) is 9.97 Å². The fraction of sp³-hybridized carbons (Fsp3) is 0.733. The summed E-state index contributed by atoms with van der Waals surface area (Å²) in [6.07, 6.45) is 5.06. The largest absolute Gasteiger partial charge is 0.373 e. The first kappa shape index (κ1) is 15.7. The zero-order valence-corrected chi connectivity index (χ0v) is 13.0. The van der Waals surface area contributed by atoms with Gasteiger partial charge in [0.15, 0.2) is 0 Å². The zero-order chi connectivity index (χ0) is 14.3. The molecule has 108 valence electrons. The number of aromatic nitrogens is 2. The lowest BCUT2D eigenvalue weighted by molar-refractivity contribution is 0.683. The van der Waals surface area contributed by atoms with Gasteiger partial charge in [0.05, 0.1) is 0 Å². The molecule has 0 aliphatic carbocycles. The Hall–Kier alpha value is -1.32. The van der Waals surface area contributed by atoms with Crippen LogP contribution in [-0.2, 0) is 0 Å². The Morgan fingerprint density at radius 3 is 2.32 bits per heavy atom. The van der Waals surface area contributed by atoms with Gasteiger partial charge in [0.25, 0.3) is 0 Å². The smallest absolute Gasteiger partial charge is 0.135 e. The number of anilines is 2. The molecule has 0 spiro atoms. The number of unbranched alkanes of at least 4 members (excludes halogenated alkanes) is 3. The second-order valence-electron chi connectivity index (χ2n) is 5.30. The first-order valence-corrected chi connectivity index (χ1v) is 7.40. The van der Waals surface area contributed by atoms with E-state index >= 15 is 0 Å². The topological polar surface area (TPSA) is 49.8 Å². The van der Waals surface area contributed by atoms with Crippen molar-refractivity contribution in [2.24, 2.45) is 0 Å². The van der Waals surface area contributed by atoms with Crippen LogP contribution in [0.1, 0.15) is 63.8 Å². The maximum absolute atomic E-state index is 4.64. The van der Waals surface area contributed by atoms with Crippen LogP contribution in [0.15, 0.2) is 0 Å². The monoisotopic (exact) mass is 264 g/mol. The summed E-state index contributed by atoms with van der Waals surface area (Å²) in [6.45, 7) is 9.52. The summed E-state index contributed by atoms with van der Waals surface area (Å²) in [7, 11) is 1.91. The van der Waals surface area contributed by atoms with Crippen molar-refractivity contribution in [2.75, 3.05) is 24.2 Å². The van der Waals surface area contributed by atoms with Crippen molar-refractivity contribution < 1.29 is 0 Å². The normalized spacial score (nSPS) is 10.8. The maximum Gasteiger partial charge on any atom is 0.135 e. The third-order valence-corrected chi connectivity index (χ3v) is 3.24. The van der Waals surface area contributed by atoms with E-state index in [0.29, 0.717) is 5.92 Å². The summed E-state index contributed by atoms with van der Waals surface area (Å²) < 4.78 is 0. The summed E-state index contributed by atoms with van der Waals surface area (Å²) in [5.74, 6) is 3.13. The number of hydrogen-bond donors (Lipinski definition) is 2. The van der Waals surface area contributed by atoms with Crippen molar-refractivity contribution in [2.45, 2.75) is 59.3 Å². The van der Waals surface area contributed by atoms with Crippen LogP contribution in [-0.4, -0.2) is 23.6 Å². The summed E-state index contributed by atoms with van der Waals surface area (Å²) in [5, 5.41) is 6.60. The molecule has 19 heavy (non-hydrogen) atoms. The molecule has 0 saturated carbocycles. The van der Waals surface area contributed by atoms with Gasteiger partial charge in [-0.1, -0.05) is 40.0 Å². The van der Waals surface area contributed by atoms with E-state index < -0.39 is 0 Å². The van der Waals surface area contributed by atoms with Crippen LogP contribution in [0.25, 0.3) is 0 Å². The highest BCUT2D eigenvalue weighted by Gasteiger charge is 2.11. The van der Waals surface area contributed by atoms with E-state index in [9.17, 15) is 0 Å². The highest BCUT2D eigenvalue weighted by atomic mass is 15.1. The van der Waals surface area contributed by atoms with Crippen molar-refractivity contribution in [1.29, 1.82) is 0 Å². The quantitative estimate of drug-likeness (QED) is 0.698. The average molecular weight is 264 g/mol. The Morgan fingerprint density at radius 2 is 1.74 bits per heavy atom. The van der Waals surface area contributed by atoms with Gasteiger partial charge < -0.3 is 10.6 Å². The standard InChI is InChI=1S/C15H28N4/c1-6-7-8-9-10-17-15-12(4)14(16-5)18-13(19-15)11(2)3/h11H,6-10H2,1-5H3,(H2,16,17,18,19). The SMILES string of the molecule is CCCCCCNc1nc(C(C)C)nc(NC)c1C. The molecule has 1 rings (SSSR count). The van der Waals surface area contributed by atoms with Gasteiger partial charge in [-0.3, -0.25) is 0 Å². The van der Waals surface area contributed by atoms with Crippen LogP contribution in [0.2, 0.25) is 0 Å². The van der Waals surface area contributed by atoms with Crippen LogP contribution in [0.3, 0.4) is 0 Å². The van der Waals surface area contributed by atoms with Gasteiger partial charge in [-0.2, -0.15) is 0 Å². The van der Waals surface area contributed by atoms with Gasteiger partial charge in [0.1, 0.15) is 17.5 Å². The molecule has 0 saturated heterocycles. The average Bonchev–Trinajstić information content (AvgIpc) is 2.40. The van der Waals surface area contributed by atoms with Crippen LogP contribution < -0.4 is 10.6 Å². The highest BCUT2D eigenvalue weighted by Crippen LogP contribution is 2.22. The molecule has 0 amide bonds. The van der Waals surface area contributed by atoms with Gasteiger partial charge in [-0.05, 0) is 13.3 Å². The summed E-state index contributed by atoms with van der Waals surface area (Å²) in [6, 6.07) is 0. The fourth-order valence-electron chi connectivity index (χ4n) is 1.97. The minimum Gasteiger partial charge on any atom is -0.373 e. The molecular weight excluding hydrogens is 236 g/mol. The van der Waals surface area contributed by atoms with Crippen LogP contribution in [0, 0.1) is 6.92 Å². The Morgan fingerprint density at radius 1 is 1.05 bits per heavy atom. The predicted octanol–water partition coefficient (Wildman–Crippen LogP) is 3.94. The van der Waals surface area contributed by atoms with E-state index in [1.165, 1.54) is 25.7 Å². The minimum absolute atomic E-state index is 0.341. The lowest BCUT2D eigenvalue weighted by Gasteiger charge is -2.15. The minimum atomic E-state index is 0.341. The van der Waals surface area contributed by atoms with Gasteiger partial charge >= 0.3 is 0 Å². The molecule has 4 heteroatoms. The van der Waals surface area contributed by atoms with Crippen LogP contribution in [0.5, 0.6) is 0 Å². The van der Waals surface area contributed by atoms with Crippen molar-refractivity contribution >= 4 is 11.6 Å². The second-order valence-corrected chi connectivity index (χ2v) is 5.30. The molecule has 4 nitrogen and oxygen atoms in total. The highest BCUT2D eigenvalue weighted by molar-refractivity contribution is 5.57. The summed E-state index contributed by atoms with van der Waals surface area (Å²) >= 11 is 0. The molecule has 0 fully saturated rings. The van der Waals surface area contributed by atoms with Gasteiger partial charge in [0.2, 0.25) is 0 Å². The number of nitrogens with one attached hydrogen (secondary N) is 2. The molecule has 1 aromatic heterocycles. The molecule has 0 radical (unpaired) electrons. The van der Waals surface area contributed by atoms with Gasteiger partial charge in [0, 0.05) is 25.1 Å². The molecule has 2 N–H and O–H groups in total. The molecule has 0 aromatic carbocycles. The molecule has 0 aliphatic heterocycles. The first-order valence-electron chi connectivity index (χ1n) is 7.40. The maximum atomic E-state index is 4.64. The molecule has 1 heterocycles. The molecule has 1 aromatic rings. The van der Waals surface area contributed by atoms with E-state index in [0.717, 1.165) is 29.6 Å². The number of rotatable bonds is 8. The van der Waals surface area contributed by atoms with E-state index in [1.807, 2.05) is 7.05 Å². The summed E-state index contributed by atoms with van der Waals surface area (Å²) in [4.78, 5) is 9.18. The van der Waals surface area contributed by atoms with E-state index in [1.54, 1.807) is 0 Å². The number of hydrogen-bond acceptors (Lipinski definition) is 4. The van der Waals surface area contributed by atoms with Crippen LogP contribution >= 0.6 is 0 Å². The Balaban J connectivity index is 2.72. The lowest BCUT2D eigenvalue weighted by atomic mass is 10.2. The predicted molar refractivity (Wildman–Crippen MR) is 83.0 cm³/mol. The fourth-order valence-corrected chi connectivity index (χ4v) is 1.97. The molecule has 0 atom stereocenters. The Kier molecular flexibility index (Phi) is 6.60. The second kappa shape index (κ2) is 7.97. The molecular formula is C15H28N4. The van der Waals surface area contributed by atoms with E-state index in [4.69, 9.17) is 0 Å². The van der Waals surface area contributed by atoms with E-state index in [2.05, 4.69) is 48.3 Å². The van der Waals surface area contributed by atoms with Crippen molar-refractivity contribution in [1.82, 2.24) is 9.97 Å². The number of nitrogens with zero attached hydrogens (tertiary/aromatic N) is 2. The van der Waals surface area contributed by atoms with Gasteiger partial charge in [-0.15, -0.1) is 0 Å².